The van der Waals surface area contributed by atoms with Crippen molar-refractivity contribution < 1.29 is 4.39 Å². The van der Waals surface area contributed by atoms with Crippen LogP contribution in [0.1, 0.15) is 19.7 Å². The largest absolute Gasteiger partial charge is 0.254 e. The summed E-state index contributed by atoms with van der Waals surface area (Å²) in [5, 5.41) is 14.2. The Hall–Kier alpha value is -2.89. The van der Waals surface area contributed by atoms with Gasteiger partial charge in [0, 0.05) is 23.6 Å². The van der Waals surface area contributed by atoms with E-state index < -0.39 is 0 Å². The van der Waals surface area contributed by atoms with Crippen molar-refractivity contribution in [1.82, 2.24) is 24.8 Å². The van der Waals surface area contributed by atoms with Crippen LogP contribution in [0.4, 0.5) is 4.39 Å². The van der Waals surface area contributed by atoms with Gasteiger partial charge >= 0.3 is 0 Å². The van der Waals surface area contributed by atoms with Crippen molar-refractivity contribution >= 4 is 16.6 Å². The second-order valence-corrected chi connectivity index (χ2v) is 6.20. The summed E-state index contributed by atoms with van der Waals surface area (Å²) in [4.78, 5) is 4.46. The van der Waals surface area contributed by atoms with Gasteiger partial charge in [-0.05, 0) is 42.3 Å². The van der Waals surface area contributed by atoms with Crippen molar-refractivity contribution in [3.05, 3.63) is 54.2 Å². The van der Waals surface area contributed by atoms with E-state index in [4.69, 9.17) is 5.10 Å². The predicted octanol–water partition coefficient (Wildman–Crippen LogP) is 3.68. The number of nitrogens with zero attached hydrogens (tertiary/aromatic N) is 5. The Balaban J connectivity index is 2.04. The predicted molar refractivity (Wildman–Crippen MR) is 90.0 cm³/mol. The van der Waals surface area contributed by atoms with Crippen LogP contribution in [0, 0.1) is 11.7 Å². The third-order valence-electron chi connectivity index (χ3n) is 3.89. The molecular weight excluding hydrogens is 305 g/mol. The van der Waals surface area contributed by atoms with Gasteiger partial charge < -0.3 is 0 Å². The van der Waals surface area contributed by atoms with Crippen LogP contribution >= 0.6 is 0 Å². The first-order chi connectivity index (χ1) is 11.6. The normalized spacial score (nSPS) is 11.7. The zero-order chi connectivity index (χ0) is 16.7. The molecule has 0 aliphatic heterocycles. The zero-order valence-electron chi connectivity index (χ0n) is 13.4. The van der Waals surface area contributed by atoms with Gasteiger partial charge in [-0.15, -0.1) is 10.2 Å². The summed E-state index contributed by atoms with van der Waals surface area (Å²) < 4.78 is 15.0. The maximum absolute atomic E-state index is 13.3. The summed E-state index contributed by atoms with van der Waals surface area (Å²) in [7, 11) is 0. The Bertz CT molecular complexity index is 1020. The third-order valence-corrected chi connectivity index (χ3v) is 3.89. The highest BCUT2D eigenvalue weighted by molar-refractivity contribution is 5.98. The summed E-state index contributed by atoms with van der Waals surface area (Å²) in [6, 6.07) is 10.1. The highest BCUT2D eigenvalue weighted by atomic mass is 19.1. The number of fused-ring (bicyclic) bond motifs is 3. The molecule has 6 heteroatoms. The van der Waals surface area contributed by atoms with Gasteiger partial charge in [-0.25, -0.2) is 4.39 Å². The first kappa shape index (κ1) is 14.7. The van der Waals surface area contributed by atoms with Crippen LogP contribution in [0.25, 0.3) is 27.8 Å². The van der Waals surface area contributed by atoms with Gasteiger partial charge in [0.25, 0.3) is 0 Å². The fraction of sp³-hybridized carbons (Fsp3) is 0.222. The second-order valence-electron chi connectivity index (χ2n) is 6.20. The number of rotatable bonds is 3. The van der Waals surface area contributed by atoms with Crippen LogP contribution in [0.15, 0.2) is 42.6 Å². The highest BCUT2D eigenvalue weighted by Gasteiger charge is 2.16. The van der Waals surface area contributed by atoms with Gasteiger partial charge in [-0.2, -0.15) is 9.61 Å². The van der Waals surface area contributed by atoms with Crippen LogP contribution in [-0.2, 0) is 6.42 Å². The molecular formula is C18H16FN5. The Morgan fingerprint density at radius 1 is 1.08 bits per heavy atom. The van der Waals surface area contributed by atoms with Crippen LogP contribution in [0.5, 0.6) is 0 Å². The molecule has 4 aromatic rings. The Labute approximate surface area is 138 Å². The number of hydrogen-bond acceptors (Lipinski definition) is 4. The number of benzene rings is 1. The molecule has 0 saturated heterocycles. The summed E-state index contributed by atoms with van der Waals surface area (Å²) in [6.45, 7) is 4.26. The van der Waals surface area contributed by atoms with E-state index in [9.17, 15) is 4.39 Å². The van der Waals surface area contributed by atoms with E-state index in [2.05, 4.69) is 29.0 Å². The highest BCUT2D eigenvalue weighted by Crippen LogP contribution is 2.27. The van der Waals surface area contributed by atoms with Gasteiger partial charge in [-0.3, -0.25) is 4.98 Å². The fourth-order valence-electron chi connectivity index (χ4n) is 2.80. The van der Waals surface area contributed by atoms with Gasteiger partial charge in [-0.1, -0.05) is 13.8 Å². The van der Waals surface area contributed by atoms with Crippen molar-refractivity contribution in [1.29, 1.82) is 0 Å². The Kier molecular flexibility index (Phi) is 3.45. The quantitative estimate of drug-likeness (QED) is 0.577. The molecule has 3 heterocycles. The second kappa shape index (κ2) is 5.63. The summed E-state index contributed by atoms with van der Waals surface area (Å²) in [6.07, 6.45) is 2.50. The van der Waals surface area contributed by atoms with Crippen molar-refractivity contribution in [2.24, 2.45) is 5.92 Å². The molecule has 0 spiro atoms. The number of hydrogen-bond donors (Lipinski definition) is 0. The van der Waals surface area contributed by atoms with E-state index in [0.717, 1.165) is 28.7 Å². The molecule has 120 valence electrons. The fourth-order valence-corrected chi connectivity index (χ4v) is 2.80. The number of aromatic nitrogens is 5. The molecule has 0 fully saturated rings. The molecule has 1 aromatic carbocycles. The molecule has 0 N–H and O–H groups in total. The lowest BCUT2D eigenvalue weighted by atomic mass is 10.1. The van der Waals surface area contributed by atoms with Crippen LogP contribution < -0.4 is 0 Å². The molecule has 0 amide bonds. The minimum Gasteiger partial charge on any atom is -0.254 e. The molecule has 0 aliphatic carbocycles. The van der Waals surface area contributed by atoms with E-state index in [1.54, 1.807) is 22.8 Å². The molecule has 4 rings (SSSR count). The van der Waals surface area contributed by atoms with Gasteiger partial charge in [0.1, 0.15) is 17.0 Å². The van der Waals surface area contributed by atoms with Gasteiger partial charge in [0.2, 0.25) is 0 Å². The molecule has 0 atom stereocenters. The van der Waals surface area contributed by atoms with Crippen LogP contribution in [-0.4, -0.2) is 24.8 Å². The molecule has 0 unspecified atom stereocenters. The lowest BCUT2D eigenvalue weighted by Gasteiger charge is -2.08. The molecule has 0 bridgehead atoms. The maximum atomic E-state index is 13.3. The minimum absolute atomic E-state index is 0.276. The average molecular weight is 321 g/mol. The lowest BCUT2D eigenvalue weighted by Crippen LogP contribution is -2.05. The zero-order valence-corrected chi connectivity index (χ0v) is 13.4. The summed E-state index contributed by atoms with van der Waals surface area (Å²) >= 11 is 0. The Morgan fingerprint density at radius 3 is 2.62 bits per heavy atom. The summed E-state index contributed by atoms with van der Waals surface area (Å²) in [5.41, 5.74) is 2.94. The van der Waals surface area contributed by atoms with E-state index in [-0.39, 0.29) is 5.82 Å². The smallest absolute Gasteiger partial charge is 0.187 e. The van der Waals surface area contributed by atoms with Gasteiger partial charge in [0.15, 0.2) is 11.5 Å². The number of halogens is 1. The van der Waals surface area contributed by atoms with Crippen LogP contribution in [0.3, 0.4) is 0 Å². The maximum Gasteiger partial charge on any atom is 0.187 e. The van der Waals surface area contributed by atoms with Crippen molar-refractivity contribution in [3.8, 4) is 11.3 Å². The molecule has 3 aromatic heterocycles. The topological polar surface area (TPSA) is 56.0 Å². The first-order valence-electron chi connectivity index (χ1n) is 7.88. The molecule has 24 heavy (non-hydrogen) atoms. The monoisotopic (exact) mass is 321 g/mol. The third kappa shape index (κ3) is 2.40. The average Bonchev–Trinajstić information content (AvgIpc) is 2.97. The Morgan fingerprint density at radius 2 is 1.88 bits per heavy atom. The minimum atomic E-state index is -0.276. The van der Waals surface area contributed by atoms with E-state index >= 15 is 0 Å². The molecule has 0 radical (unpaired) electrons. The molecule has 5 nitrogen and oxygen atoms in total. The number of pyridine rings is 1. The standard InChI is InChI=1S/C18H16FN5/c1-11(2)10-15-21-22-18-14-4-3-9-20-17(14)16(23-24(15)18)12-5-7-13(19)8-6-12/h3-9,11H,10H2,1-2H3. The summed E-state index contributed by atoms with van der Waals surface area (Å²) in [5.74, 6) is 0.981. The molecule has 0 saturated carbocycles. The van der Waals surface area contributed by atoms with E-state index in [1.165, 1.54) is 12.1 Å². The van der Waals surface area contributed by atoms with Gasteiger partial charge in [0.05, 0.1) is 0 Å². The molecule has 0 aliphatic rings. The van der Waals surface area contributed by atoms with Crippen LogP contribution in [0.2, 0.25) is 0 Å². The lowest BCUT2D eigenvalue weighted by molar-refractivity contribution is 0.606. The van der Waals surface area contributed by atoms with E-state index in [1.807, 2.05) is 12.1 Å². The van der Waals surface area contributed by atoms with E-state index in [0.29, 0.717) is 17.3 Å². The van der Waals surface area contributed by atoms with Crippen molar-refractivity contribution in [2.75, 3.05) is 0 Å². The SMILES string of the molecule is CC(C)Cc1nnc2c3cccnc3c(-c3ccc(F)cc3)nn12. The van der Waals surface area contributed by atoms with Crippen molar-refractivity contribution in [3.63, 3.8) is 0 Å². The first-order valence-corrected chi connectivity index (χ1v) is 7.88. The van der Waals surface area contributed by atoms with Crippen molar-refractivity contribution in [2.45, 2.75) is 20.3 Å².